The standard InChI is InChI=1S/C15H13N3O2S2/c1-21-12-5-3-2-4-11(12)18-13(19)8-20-14-10-6-7-22-15(10)17-9-16-14/h2-7,9H,8H2,1H3,(H,18,19). The smallest absolute Gasteiger partial charge is 0.262 e. The van der Waals surface area contributed by atoms with Crippen molar-refractivity contribution in [1.82, 2.24) is 9.97 Å². The van der Waals surface area contributed by atoms with Gasteiger partial charge >= 0.3 is 0 Å². The summed E-state index contributed by atoms with van der Waals surface area (Å²) >= 11 is 3.09. The van der Waals surface area contributed by atoms with Crippen molar-refractivity contribution < 1.29 is 9.53 Å². The summed E-state index contributed by atoms with van der Waals surface area (Å²) in [5.74, 6) is 0.211. The zero-order valence-corrected chi connectivity index (χ0v) is 13.4. The number of carbonyl (C=O) groups is 1. The van der Waals surface area contributed by atoms with Gasteiger partial charge in [0.1, 0.15) is 11.2 Å². The zero-order valence-electron chi connectivity index (χ0n) is 11.8. The lowest BCUT2D eigenvalue weighted by atomic mass is 10.3. The summed E-state index contributed by atoms with van der Waals surface area (Å²) in [6.45, 7) is -0.0926. The molecule has 22 heavy (non-hydrogen) atoms. The van der Waals surface area contributed by atoms with E-state index in [0.29, 0.717) is 5.88 Å². The maximum absolute atomic E-state index is 12.0. The molecular weight excluding hydrogens is 318 g/mol. The topological polar surface area (TPSA) is 64.1 Å². The summed E-state index contributed by atoms with van der Waals surface area (Å²) in [6.07, 6.45) is 3.41. The Bertz CT molecular complexity index is 804. The number of ether oxygens (including phenoxy) is 1. The maximum Gasteiger partial charge on any atom is 0.262 e. The molecule has 3 aromatic rings. The number of thioether (sulfide) groups is 1. The summed E-state index contributed by atoms with van der Waals surface area (Å²) in [6, 6.07) is 9.53. The van der Waals surface area contributed by atoms with Gasteiger partial charge in [0, 0.05) is 4.90 Å². The van der Waals surface area contributed by atoms with Gasteiger partial charge in [0.25, 0.3) is 5.91 Å². The van der Waals surface area contributed by atoms with Crippen molar-refractivity contribution in [2.75, 3.05) is 18.2 Å². The van der Waals surface area contributed by atoms with Gasteiger partial charge in [-0.3, -0.25) is 4.79 Å². The van der Waals surface area contributed by atoms with Crippen LogP contribution in [0.4, 0.5) is 5.69 Å². The van der Waals surface area contributed by atoms with E-state index in [-0.39, 0.29) is 12.5 Å². The Morgan fingerprint density at radius 2 is 2.18 bits per heavy atom. The number of benzene rings is 1. The number of amides is 1. The molecule has 1 N–H and O–H groups in total. The van der Waals surface area contributed by atoms with Crippen molar-refractivity contribution in [3.63, 3.8) is 0 Å². The normalized spacial score (nSPS) is 10.6. The quantitative estimate of drug-likeness (QED) is 0.726. The molecular formula is C15H13N3O2S2. The third-order valence-corrected chi connectivity index (χ3v) is 4.56. The van der Waals surface area contributed by atoms with Crippen molar-refractivity contribution in [3.05, 3.63) is 42.0 Å². The zero-order chi connectivity index (χ0) is 15.4. The van der Waals surface area contributed by atoms with Crippen LogP contribution in [-0.4, -0.2) is 28.7 Å². The first-order valence-corrected chi connectivity index (χ1v) is 8.62. The number of aromatic nitrogens is 2. The van der Waals surface area contributed by atoms with Gasteiger partial charge in [-0.1, -0.05) is 12.1 Å². The lowest BCUT2D eigenvalue weighted by molar-refractivity contribution is -0.118. The molecule has 112 valence electrons. The van der Waals surface area contributed by atoms with Crippen LogP contribution >= 0.6 is 23.1 Å². The van der Waals surface area contributed by atoms with Gasteiger partial charge in [0.05, 0.1) is 11.1 Å². The molecule has 0 saturated heterocycles. The Labute approximate surface area is 135 Å². The number of anilines is 1. The van der Waals surface area contributed by atoms with E-state index in [4.69, 9.17) is 4.74 Å². The maximum atomic E-state index is 12.0. The van der Waals surface area contributed by atoms with E-state index in [9.17, 15) is 4.79 Å². The van der Waals surface area contributed by atoms with Crippen molar-refractivity contribution in [1.29, 1.82) is 0 Å². The third kappa shape index (κ3) is 3.20. The Balaban J connectivity index is 1.66. The average molecular weight is 331 g/mol. The van der Waals surface area contributed by atoms with E-state index in [2.05, 4.69) is 15.3 Å². The fourth-order valence-electron chi connectivity index (χ4n) is 1.95. The fourth-order valence-corrected chi connectivity index (χ4v) is 3.23. The molecule has 3 rings (SSSR count). The van der Waals surface area contributed by atoms with E-state index in [1.807, 2.05) is 42.0 Å². The molecule has 0 radical (unpaired) electrons. The molecule has 0 aliphatic heterocycles. The van der Waals surface area contributed by atoms with Gasteiger partial charge in [-0.2, -0.15) is 0 Å². The van der Waals surface area contributed by atoms with E-state index in [0.717, 1.165) is 20.8 Å². The van der Waals surface area contributed by atoms with Gasteiger partial charge < -0.3 is 10.1 Å². The van der Waals surface area contributed by atoms with E-state index in [1.54, 1.807) is 11.8 Å². The van der Waals surface area contributed by atoms with Gasteiger partial charge in [-0.15, -0.1) is 23.1 Å². The van der Waals surface area contributed by atoms with Crippen molar-refractivity contribution in [2.24, 2.45) is 0 Å². The molecule has 2 aromatic heterocycles. The van der Waals surface area contributed by atoms with Crippen LogP contribution in [0.15, 0.2) is 46.9 Å². The van der Waals surface area contributed by atoms with E-state index < -0.39 is 0 Å². The Morgan fingerprint density at radius 3 is 3.05 bits per heavy atom. The number of nitrogens with one attached hydrogen (secondary N) is 1. The number of hydrogen-bond acceptors (Lipinski definition) is 6. The molecule has 0 saturated carbocycles. The minimum atomic E-state index is -0.219. The molecule has 1 amide bonds. The summed E-state index contributed by atoms with van der Waals surface area (Å²) in [7, 11) is 0. The summed E-state index contributed by atoms with van der Waals surface area (Å²) in [4.78, 5) is 22.1. The highest BCUT2D eigenvalue weighted by Gasteiger charge is 2.10. The first kappa shape index (κ1) is 14.8. The van der Waals surface area contributed by atoms with Crippen LogP contribution in [-0.2, 0) is 4.79 Å². The highest BCUT2D eigenvalue weighted by Crippen LogP contribution is 2.26. The van der Waals surface area contributed by atoms with Crippen LogP contribution in [0.2, 0.25) is 0 Å². The Kier molecular flexibility index (Phi) is 4.55. The van der Waals surface area contributed by atoms with Crippen LogP contribution in [0.3, 0.4) is 0 Å². The molecule has 0 atom stereocenters. The van der Waals surface area contributed by atoms with Gasteiger partial charge in [-0.05, 0) is 29.8 Å². The number of nitrogens with zero attached hydrogens (tertiary/aromatic N) is 2. The fraction of sp³-hybridized carbons (Fsp3) is 0.133. The van der Waals surface area contributed by atoms with E-state index >= 15 is 0 Å². The van der Waals surface area contributed by atoms with Crippen LogP contribution < -0.4 is 10.1 Å². The van der Waals surface area contributed by atoms with Crippen LogP contribution in [0, 0.1) is 0 Å². The molecule has 0 spiro atoms. The Morgan fingerprint density at radius 1 is 1.32 bits per heavy atom. The van der Waals surface area contributed by atoms with Gasteiger partial charge in [-0.25, -0.2) is 9.97 Å². The highest BCUT2D eigenvalue weighted by atomic mass is 32.2. The highest BCUT2D eigenvalue weighted by molar-refractivity contribution is 7.98. The number of para-hydroxylation sites is 1. The van der Waals surface area contributed by atoms with E-state index in [1.165, 1.54) is 17.7 Å². The number of rotatable bonds is 5. The monoisotopic (exact) mass is 331 g/mol. The second kappa shape index (κ2) is 6.76. The summed E-state index contributed by atoms with van der Waals surface area (Å²) in [5, 5.41) is 5.59. The first-order chi connectivity index (χ1) is 10.8. The van der Waals surface area contributed by atoms with Crippen LogP contribution in [0.5, 0.6) is 5.88 Å². The largest absolute Gasteiger partial charge is 0.467 e. The Hall–Kier alpha value is -2.12. The molecule has 5 nitrogen and oxygen atoms in total. The van der Waals surface area contributed by atoms with Crippen LogP contribution in [0.1, 0.15) is 0 Å². The predicted octanol–water partition coefficient (Wildman–Crippen LogP) is 3.43. The number of thiophene rings is 1. The van der Waals surface area contributed by atoms with Crippen molar-refractivity contribution >= 4 is 44.9 Å². The number of hydrogen-bond donors (Lipinski definition) is 1. The lowest BCUT2D eigenvalue weighted by Crippen LogP contribution is -2.20. The SMILES string of the molecule is CSc1ccccc1NC(=O)COc1ncnc2sccc12. The second-order valence-corrected chi connectivity index (χ2v) is 6.10. The molecule has 0 bridgehead atoms. The minimum absolute atomic E-state index is 0.0926. The molecule has 0 unspecified atom stereocenters. The number of fused-ring (bicyclic) bond motifs is 1. The third-order valence-electron chi connectivity index (χ3n) is 2.95. The van der Waals surface area contributed by atoms with Gasteiger partial charge in [0.15, 0.2) is 6.61 Å². The molecule has 0 aliphatic carbocycles. The molecule has 0 fully saturated rings. The molecule has 2 heterocycles. The lowest BCUT2D eigenvalue weighted by Gasteiger charge is -2.10. The summed E-state index contributed by atoms with van der Waals surface area (Å²) < 4.78 is 5.52. The predicted molar refractivity (Wildman–Crippen MR) is 89.8 cm³/mol. The second-order valence-electron chi connectivity index (χ2n) is 4.36. The molecule has 7 heteroatoms. The van der Waals surface area contributed by atoms with Crippen LogP contribution in [0.25, 0.3) is 10.2 Å². The van der Waals surface area contributed by atoms with Crippen molar-refractivity contribution in [2.45, 2.75) is 4.90 Å². The summed E-state index contributed by atoms with van der Waals surface area (Å²) in [5.41, 5.74) is 0.784. The van der Waals surface area contributed by atoms with Gasteiger partial charge in [0.2, 0.25) is 5.88 Å². The first-order valence-electron chi connectivity index (χ1n) is 6.52. The average Bonchev–Trinajstić information content (AvgIpc) is 3.02. The van der Waals surface area contributed by atoms with Crippen molar-refractivity contribution in [3.8, 4) is 5.88 Å². The number of carbonyl (C=O) groups excluding carboxylic acids is 1. The minimum Gasteiger partial charge on any atom is -0.467 e. The molecule has 0 aliphatic rings. The molecule has 1 aromatic carbocycles.